The third-order valence-electron chi connectivity index (χ3n) is 6.20. The molecule has 3 aromatic rings. The lowest BCUT2D eigenvalue weighted by Gasteiger charge is -2.18. The zero-order valence-corrected chi connectivity index (χ0v) is 20.4. The van der Waals surface area contributed by atoms with E-state index in [0.29, 0.717) is 6.42 Å². The fourth-order valence-corrected chi connectivity index (χ4v) is 5.90. The number of aromatic nitrogens is 1. The molecule has 1 saturated heterocycles. The van der Waals surface area contributed by atoms with Crippen LogP contribution in [-0.4, -0.2) is 48.7 Å². The normalized spacial score (nSPS) is 18.5. The summed E-state index contributed by atoms with van der Waals surface area (Å²) >= 11 is 0. The van der Waals surface area contributed by atoms with Crippen molar-refractivity contribution < 1.29 is 19.1 Å². The van der Waals surface area contributed by atoms with E-state index in [4.69, 9.17) is 0 Å². The molecule has 4 rings (SSSR count). The summed E-state index contributed by atoms with van der Waals surface area (Å²) in [6, 6.07) is 10.3. The Morgan fingerprint density at radius 2 is 1.91 bits per heavy atom. The van der Waals surface area contributed by atoms with Crippen LogP contribution >= 0.6 is 0 Å². The first-order valence-corrected chi connectivity index (χ1v) is 14.7. The molecule has 0 bridgehead atoms. The van der Waals surface area contributed by atoms with Crippen LogP contribution in [0.3, 0.4) is 0 Å². The number of fused-ring (bicyclic) bond motifs is 1. The molecule has 1 aromatic heterocycles. The van der Waals surface area contributed by atoms with Gasteiger partial charge in [0.2, 0.25) is 11.8 Å². The molecule has 1 fully saturated rings. The van der Waals surface area contributed by atoms with Gasteiger partial charge in [0.15, 0.2) is 0 Å². The minimum absolute atomic E-state index is 0.112. The molecular formula is C25H30FN3O3Si. The van der Waals surface area contributed by atoms with Crippen molar-refractivity contribution in [2.24, 2.45) is 0 Å². The largest absolute Gasteiger partial charge is 0.389 e. The van der Waals surface area contributed by atoms with E-state index in [1.165, 1.54) is 6.07 Å². The number of hydrogen-bond acceptors (Lipinski definition) is 3. The lowest BCUT2D eigenvalue weighted by atomic mass is 10.00. The van der Waals surface area contributed by atoms with Crippen molar-refractivity contribution in [2.75, 3.05) is 6.54 Å². The number of aliphatic hydroxyl groups excluding tert-OH is 1. The van der Waals surface area contributed by atoms with Gasteiger partial charge in [0.1, 0.15) is 18.0 Å². The summed E-state index contributed by atoms with van der Waals surface area (Å²) in [5.41, 5.74) is 4.78. The quantitative estimate of drug-likeness (QED) is 0.420. The number of aliphatic hydroxyl groups is 1. The Kier molecular flexibility index (Phi) is 6.15. The maximum absolute atomic E-state index is 14.7. The van der Waals surface area contributed by atoms with Gasteiger partial charge in [0.25, 0.3) is 0 Å². The molecule has 1 aliphatic rings. The predicted molar refractivity (Wildman–Crippen MR) is 131 cm³/mol. The minimum Gasteiger partial charge on any atom is -0.389 e. The minimum atomic E-state index is -1.86. The molecule has 174 valence electrons. The molecular weight excluding hydrogens is 437 g/mol. The van der Waals surface area contributed by atoms with Gasteiger partial charge in [-0.1, -0.05) is 49.5 Å². The highest BCUT2D eigenvalue weighted by Crippen LogP contribution is 2.32. The van der Waals surface area contributed by atoms with Crippen molar-refractivity contribution >= 4 is 36.0 Å². The average molecular weight is 468 g/mol. The number of hydrogen-bond donors (Lipinski definition) is 4. The zero-order chi connectivity index (χ0) is 23.9. The van der Waals surface area contributed by atoms with Crippen LogP contribution < -0.4 is 15.8 Å². The molecule has 0 spiro atoms. The van der Waals surface area contributed by atoms with Crippen molar-refractivity contribution in [3.63, 3.8) is 0 Å². The van der Waals surface area contributed by atoms with E-state index in [-0.39, 0.29) is 30.6 Å². The molecule has 2 aromatic carbocycles. The van der Waals surface area contributed by atoms with E-state index in [9.17, 15) is 19.1 Å². The van der Waals surface area contributed by atoms with Crippen LogP contribution in [0.25, 0.3) is 22.2 Å². The summed E-state index contributed by atoms with van der Waals surface area (Å²) in [5.74, 6) is -1.00. The molecule has 1 aliphatic heterocycles. The van der Waals surface area contributed by atoms with E-state index in [2.05, 4.69) is 35.3 Å². The molecule has 0 radical (unpaired) electrons. The van der Waals surface area contributed by atoms with Crippen LogP contribution in [0.5, 0.6) is 0 Å². The summed E-state index contributed by atoms with van der Waals surface area (Å²) < 4.78 is 14.7. The Morgan fingerprint density at radius 1 is 1.21 bits per heavy atom. The van der Waals surface area contributed by atoms with Gasteiger partial charge < -0.3 is 20.7 Å². The fraction of sp³-hybridized carbons (Fsp3) is 0.360. The highest BCUT2D eigenvalue weighted by Gasteiger charge is 2.34. The van der Waals surface area contributed by atoms with Crippen LogP contribution in [-0.2, 0) is 16.0 Å². The van der Waals surface area contributed by atoms with E-state index >= 15 is 0 Å². The van der Waals surface area contributed by atoms with E-state index in [1.807, 2.05) is 31.2 Å². The standard InChI is InChI=1S/C25H30FN3O3Si/c1-14-5-7-15(8-6-14)22-17(9-10-21(31)28-24-19(30)13-27-25(24)32)18-11-16(26)12-20(23(18)29-22)33(2,3)4/h5-8,11-12,19,24,29-30H,9-10,13H2,1-4H3,(H,27,32)(H,28,31)/t19-,24+/m1/s1. The van der Waals surface area contributed by atoms with Gasteiger partial charge in [-0.15, -0.1) is 0 Å². The molecule has 2 heterocycles. The van der Waals surface area contributed by atoms with Crippen molar-refractivity contribution in [1.29, 1.82) is 0 Å². The van der Waals surface area contributed by atoms with Crippen LogP contribution in [0.2, 0.25) is 19.6 Å². The summed E-state index contributed by atoms with van der Waals surface area (Å²) in [4.78, 5) is 28.0. The lowest BCUT2D eigenvalue weighted by molar-refractivity contribution is -0.128. The Balaban J connectivity index is 1.72. The zero-order valence-electron chi connectivity index (χ0n) is 19.4. The Labute approximate surface area is 193 Å². The van der Waals surface area contributed by atoms with Crippen LogP contribution in [0.15, 0.2) is 36.4 Å². The number of H-pyrrole nitrogens is 1. The molecule has 0 unspecified atom stereocenters. The number of carbonyl (C=O) groups is 2. The number of benzene rings is 2. The Bertz CT molecular complexity index is 1210. The molecule has 2 amide bonds. The van der Waals surface area contributed by atoms with E-state index in [1.54, 1.807) is 6.07 Å². The van der Waals surface area contributed by atoms with Gasteiger partial charge in [0.05, 0.1) is 8.07 Å². The number of aromatic amines is 1. The summed E-state index contributed by atoms with van der Waals surface area (Å²) in [5, 5.41) is 16.9. The maximum Gasteiger partial charge on any atom is 0.245 e. The van der Waals surface area contributed by atoms with Gasteiger partial charge in [-0.25, -0.2) is 4.39 Å². The van der Waals surface area contributed by atoms with Gasteiger partial charge in [-0.05, 0) is 41.8 Å². The number of halogens is 1. The Morgan fingerprint density at radius 3 is 2.52 bits per heavy atom. The van der Waals surface area contributed by atoms with Gasteiger partial charge in [0, 0.05) is 29.6 Å². The fourth-order valence-electron chi connectivity index (χ4n) is 4.39. The number of amides is 2. The first-order valence-electron chi connectivity index (χ1n) is 11.2. The van der Waals surface area contributed by atoms with Crippen LogP contribution in [0.4, 0.5) is 4.39 Å². The second-order valence-electron chi connectivity index (χ2n) is 9.83. The van der Waals surface area contributed by atoms with Crippen LogP contribution in [0.1, 0.15) is 17.5 Å². The predicted octanol–water partition coefficient (Wildman–Crippen LogP) is 2.74. The monoisotopic (exact) mass is 467 g/mol. The van der Waals surface area contributed by atoms with E-state index < -0.39 is 20.2 Å². The summed E-state index contributed by atoms with van der Waals surface area (Å²) in [6.07, 6.45) is -0.458. The van der Waals surface area contributed by atoms with Crippen molar-refractivity contribution in [3.8, 4) is 11.3 Å². The smallest absolute Gasteiger partial charge is 0.245 e. The van der Waals surface area contributed by atoms with Crippen LogP contribution in [0, 0.1) is 12.7 Å². The van der Waals surface area contributed by atoms with Crippen molar-refractivity contribution in [3.05, 3.63) is 53.3 Å². The van der Waals surface area contributed by atoms with Crippen molar-refractivity contribution in [2.45, 2.75) is 51.6 Å². The third kappa shape index (κ3) is 4.72. The maximum atomic E-state index is 14.7. The highest BCUT2D eigenvalue weighted by molar-refractivity contribution is 6.90. The SMILES string of the molecule is Cc1ccc(-c2[nH]c3c([Si](C)(C)C)cc(F)cc3c2CCC(=O)N[C@@H]2C(=O)NC[C@H]2O)cc1. The molecule has 0 saturated carbocycles. The Hall–Kier alpha value is -2.97. The van der Waals surface area contributed by atoms with Crippen molar-refractivity contribution in [1.82, 2.24) is 15.6 Å². The molecule has 33 heavy (non-hydrogen) atoms. The molecule has 6 nitrogen and oxygen atoms in total. The van der Waals surface area contributed by atoms with E-state index in [0.717, 1.165) is 38.5 Å². The average Bonchev–Trinajstić information content (AvgIpc) is 3.26. The number of nitrogens with one attached hydrogen (secondary N) is 3. The molecule has 8 heteroatoms. The number of aryl methyl sites for hydroxylation is 2. The topological polar surface area (TPSA) is 94.2 Å². The first-order chi connectivity index (χ1) is 15.5. The second-order valence-corrected chi connectivity index (χ2v) is 14.9. The van der Waals surface area contributed by atoms with Gasteiger partial charge in [-0.3, -0.25) is 9.59 Å². The number of β-amino-alcohol motifs (C(OH)–C–C–N with tert-alkyl or cyclic N) is 1. The molecule has 0 aliphatic carbocycles. The third-order valence-corrected chi connectivity index (χ3v) is 8.21. The number of carbonyl (C=O) groups excluding carboxylic acids is 2. The summed E-state index contributed by atoms with van der Waals surface area (Å²) in [6.45, 7) is 8.69. The molecule has 2 atom stereocenters. The summed E-state index contributed by atoms with van der Waals surface area (Å²) in [7, 11) is -1.86. The first kappa shape index (κ1) is 23.2. The number of rotatable bonds is 6. The lowest BCUT2D eigenvalue weighted by Crippen LogP contribution is -2.45. The van der Waals surface area contributed by atoms with Gasteiger partial charge in [-0.2, -0.15) is 0 Å². The van der Waals surface area contributed by atoms with Gasteiger partial charge >= 0.3 is 0 Å². The molecule has 4 N–H and O–H groups in total. The second kappa shape index (κ2) is 8.76. The highest BCUT2D eigenvalue weighted by atomic mass is 28.3.